The second kappa shape index (κ2) is 27.4. The number of fused-ring (bicyclic) bond motifs is 4. The van der Waals surface area contributed by atoms with E-state index in [1.807, 2.05) is 18.2 Å². The number of methoxy groups -OCH3 is 4. The van der Waals surface area contributed by atoms with Crippen molar-refractivity contribution in [1.82, 2.24) is 20.4 Å². The number of nitrogens with one attached hydrogen (secondary N) is 4. The third-order valence-corrected chi connectivity index (χ3v) is 14.9. The van der Waals surface area contributed by atoms with Gasteiger partial charge in [0, 0.05) is 81.4 Å². The lowest BCUT2D eigenvalue weighted by Crippen LogP contribution is -2.34. The first kappa shape index (κ1) is 60.6. The zero-order chi connectivity index (χ0) is 55.0. The standard InChI is InChI=1S/C38H42N2O6.C22H28N4O6.2ClH/c1-39-15-13-25-20-32(42-4)34-22-28(25)29(39)17-23-7-10-27(11-8-23)45-33-19-24(9-12-31(33)41-3)18-30-36-26(14-16-40(30)2)21-35(43-5)37(44-6)38(36)46-34;27-11-9-23-5-7-25-13-1-2-14(26-8-6-24-10-12-28)18-17(13)21(31)19-15(29)3-4-16(30)20(19)22(18)32;;/h7-12,19-22,29-30H,13-18H2,1-6H3;1-4,23-30H,5-12H2;2*1H. The van der Waals surface area contributed by atoms with Crippen molar-refractivity contribution in [2.24, 2.45) is 0 Å². The number of halogens is 2. The highest BCUT2D eigenvalue weighted by Crippen LogP contribution is 2.52. The molecule has 4 heterocycles. The van der Waals surface area contributed by atoms with Gasteiger partial charge in [-0.3, -0.25) is 19.4 Å². The van der Waals surface area contributed by atoms with Crippen molar-refractivity contribution >= 4 is 47.8 Å². The van der Waals surface area contributed by atoms with Crippen LogP contribution in [0.5, 0.6) is 57.5 Å². The molecule has 1 aliphatic carbocycles. The number of anilines is 2. The average molecular weight is 1140 g/mol. The van der Waals surface area contributed by atoms with Crippen LogP contribution < -0.4 is 49.7 Å². The lowest BCUT2D eigenvalue weighted by Gasteiger charge is -2.37. The van der Waals surface area contributed by atoms with Gasteiger partial charge in [-0.15, -0.1) is 24.8 Å². The van der Waals surface area contributed by atoms with Gasteiger partial charge in [0.15, 0.2) is 34.5 Å². The molecule has 2 unspecified atom stereocenters. The molecular weight excluding hydrogens is 1070 g/mol. The maximum absolute atomic E-state index is 13.4. The summed E-state index contributed by atoms with van der Waals surface area (Å²) in [5.41, 5.74) is 7.83. The largest absolute Gasteiger partial charge is 0.507 e. The molecule has 0 fully saturated rings. The normalized spacial score (nSPS) is 16.0. The fourth-order valence-electron chi connectivity index (χ4n) is 10.9. The van der Waals surface area contributed by atoms with Gasteiger partial charge < -0.3 is 70.1 Å². The van der Waals surface area contributed by atoms with Gasteiger partial charge in [-0.2, -0.15) is 0 Å². The van der Waals surface area contributed by atoms with E-state index in [9.17, 15) is 19.8 Å². The molecule has 2 atom stereocenters. The molecule has 0 aromatic heterocycles. The number of aromatic hydroxyl groups is 2. The van der Waals surface area contributed by atoms with Gasteiger partial charge in [-0.05, 0) is 134 Å². The number of ether oxygens (including phenoxy) is 6. The third kappa shape index (κ3) is 12.6. The molecule has 4 aliphatic heterocycles. The molecule has 0 saturated carbocycles. The van der Waals surface area contributed by atoms with E-state index in [1.54, 1.807) is 40.6 Å². The Hall–Kier alpha value is -7.00. The predicted molar refractivity (Wildman–Crippen MR) is 312 cm³/mol. The van der Waals surface area contributed by atoms with E-state index >= 15 is 0 Å². The maximum Gasteiger partial charge on any atom is 0.204 e. The summed E-state index contributed by atoms with van der Waals surface area (Å²) in [6.07, 6.45) is 3.37. The van der Waals surface area contributed by atoms with Crippen LogP contribution in [-0.2, 0) is 25.7 Å². The van der Waals surface area contributed by atoms with Crippen LogP contribution in [0, 0.1) is 0 Å². The number of likely N-dealkylation sites (N-methyl/N-ethyl adjacent to an activating group) is 2. The monoisotopic (exact) mass is 1140 g/mol. The minimum Gasteiger partial charge on any atom is -0.507 e. The van der Waals surface area contributed by atoms with Crippen molar-refractivity contribution in [3.8, 4) is 57.5 Å². The van der Waals surface area contributed by atoms with Crippen molar-refractivity contribution in [2.45, 2.75) is 37.8 Å². The van der Waals surface area contributed by atoms with Crippen molar-refractivity contribution in [2.75, 3.05) is 119 Å². The van der Waals surface area contributed by atoms with Gasteiger partial charge in [-0.25, -0.2) is 0 Å². The quantitative estimate of drug-likeness (QED) is 0.0340. The molecule has 6 aromatic rings. The molecule has 80 heavy (non-hydrogen) atoms. The minimum atomic E-state index is -0.559. The van der Waals surface area contributed by atoms with Crippen LogP contribution in [0.15, 0.2) is 84.9 Å². The van der Waals surface area contributed by atoms with Crippen LogP contribution in [0.3, 0.4) is 0 Å². The van der Waals surface area contributed by atoms with E-state index in [0.717, 1.165) is 55.6 Å². The number of carbonyl (C=O) groups excluding carboxylic acids is 2. The molecule has 0 spiro atoms. The molecule has 11 rings (SSSR count). The molecule has 5 aliphatic rings. The first-order chi connectivity index (χ1) is 37.9. The highest BCUT2D eigenvalue weighted by molar-refractivity contribution is 6.33. The molecule has 0 amide bonds. The molecule has 0 saturated heterocycles. The van der Waals surface area contributed by atoms with Gasteiger partial charge in [0.1, 0.15) is 17.2 Å². The van der Waals surface area contributed by atoms with Crippen molar-refractivity contribution in [1.29, 1.82) is 0 Å². The Balaban J connectivity index is 0.000000241. The molecule has 18 nitrogen and oxygen atoms in total. The van der Waals surface area contributed by atoms with Crippen LogP contribution in [-0.4, -0.2) is 150 Å². The Bertz CT molecular complexity index is 3090. The Labute approximate surface area is 479 Å². The maximum atomic E-state index is 13.4. The Morgan fingerprint density at radius 3 is 1.64 bits per heavy atom. The smallest absolute Gasteiger partial charge is 0.204 e. The number of rotatable bonds is 16. The number of ketones is 2. The number of carbonyl (C=O) groups is 2. The van der Waals surface area contributed by atoms with Gasteiger partial charge in [0.05, 0.1) is 63.9 Å². The SMILES string of the molecule is COc1ccc2cc1Oc1ccc(cc1)CC1c3cc(c(OC)cc3CCN1C)Oc1c(OC)c(OC)cc3c1C(C2)N(C)CC3.Cl.Cl.O=C1c2c(O)ccc(O)c2C(=O)c2c(NCCNCCO)ccc(NCCNCCO)c21. The van der Waals surface area contributed by atoms with E-state index < -0.39 is 11.6 Å². The number of hydrogen-bond donors (Lipinski definition) is 8. The Kier molecular flexibility index (Phi) is 20.8. The van der Waals surface area contributed by atoms with E-state index in [-0.39, 0.29) is 83.9 Å². The van der Waals surface area contributed by atoms with Crippen LogP contribution >= 0.6 is 24.8 Å². The first-order valence-electron chi connectivity index (χ1n) is 26.3. The summed E-state index contributed by atoms with van der Waals surface area (Å²) in [6.45, 7) is 4.67. The van der Waals surface area contributed by atoms with Crippen LogP contribution in [0.25, 0.3) is 0 Å². The molecule has 0 radical (unpaired) electrons. The van der Waals surface area contributed by atoms with E-state index in [2.05, 4.69) is 87.6 Å². The fraction of sp³-hybridized carbons (Fsp3) is 0.367. The topological polar surface area (TPSA) is 225 Å². The number of benzene rings is 6. The zero-order valence-corrected chi connectivity index (χ0v) is 47.5. The van der Waals surface area contributed by atoms with Crippen molar-refractivity contribution < 1.29 is 58.4 Å². The Morgan fingerprint density at radius 2 is 1.07 bits per heavy atom. The third-order valence-electron chi connectivity index (χ3n) is 14.9. The minimum absolute atomic E-state index is 0. The van der Waals surface area contributed by atoms with Gasteiger partial charge >= 0.3 is 0 Å². The van der Waals surface area contributed by atoms with Crippen LogP contribution in [0.4, 0.5) is 11.4 Å². The summed E-state index contributed by atoms with van der Waals surface area (Å²) in [6, 6.07) is 26.9. The molecular formula is C60H72Cl2N6O12. The highest BCUT2D eigenvalue weighted by Gasteiger charge is 2.39. The highest BCUT2D eigenvalue weighted by atomic mass is 35.5. The van der Waals surface area contributed by atoms with Gasteiger partial charge in [0.25, 0.3) is 0 Å². The summed E-state index contributed by atoms with van der Waals surface area (Å²) in [4.78, 5) is 31.6. The summed E-state index contributed by atoms with van der Waals surface area (Å²) in [5, 5.41) is 50.6. The summed E-state index contributed by atoms with van der Waals surface area (Å²) >= 11 is 0. The zero-order valence-electron chi connectivity index (χ0n) is 45.9. The Morgan fingerprint density at radius 1 is 0.550 bits per heavy atom. The molecule has 20 heteroatoms. The lowest BCUT2D eigenvalue weighted by atomic mass is 9.81. The second-order valence-electron chi connectivity index (χ2n) is 19.7. The van der Waals surface area contributed by atoms with Crippen LogP contribution in [0.1, 0.15) is 77.3 Å². The van der Waals surface area contributed by atoms with Gasteiger partial charge in [-0.1, -0.05) is 18.2 Å². The summed E-state index contributed by atoms with van der Waals surface area (Å²) in [7, 11) is 11.1. The first-order valence-corrected chi connectivity index (χ1v) is 26.3. The number of phenols is 2. The number of aliphatic hydroxyl groups excluding tert-OH is 2. The molecule has 6 bridgehead atoms. The van der Waals surface area contributed by atoms with E-state index in [4.69, 9.17) is 38.6 Å². The average Bonchev–Trinajstić information content (AvgIpc) is 3.64. The van der Waals surface area contributed by atoms with Crippen LogP contribution in [0.2, 0.25) is 0 Å². The second-order valence-corrected chi connectivity index (χ2v) is 19.7. The predicted octanol–water partition coefficient (Wildman–Crippen LogP) is 7.87. The summed E-state index contributed by atoms with van der Waals surface area (Å²) < 4.78 is 37.1. The molecule has 6 aromatic carbocycles. The van der Waals surface area contributed by atoms with Gasteiger partial charge in [0.2, 0.25) is 17.3 Å². The number of aliphatic hydroxyl groups is 2. The molecule has 428 valence electrons. The fourth-order valence-corrected chi connectivity index (χ4v) is 10.9. The van der Waals surface area contributed by atoms with Crippen molar-refractivity contribution in [3.05, 3.63) is 141 Å². The van der Waals surface area contributed by atoms with E-state index in [1.165, 1.54) is 34.4 Å². The van der Waals surface area contributed by atoms with E-state index in [0.29, 0.717) is 90.9 Å². The number of phenolic OH excluding ortho intramolecular Hbond substituents is 2. The molecule has 8 N–H and O–H groups in total. The lowest BCUT2D eigenvalue weighted by molar-refractivity contribution is 0.0975. The van der Waals surface area contributed by atoms with Crippen molar-refractivity contribution in [3.63, 3.8) is 0 Å². The number of nitrogens with zero attached hydrogens (tertiary/aromatic N) is 2. The number of hydrogen-bond acceptors (Lipinski definition) is 18. The summed E-state index contributed by atoms with van der Waals surface area (Å²) in [5.74, 6) is 3.55.